The van der Waals surface area contributed by atoms with Gasteiger partial charge in [0, 0.05) is 30.6 Å². The van der Waals surface area contributed by atoms with Crippen LogP contribution in [-0.4, -0.2) is 40.4 Å². The predicted octanol–water partition coefficient (Wildman–Crippen LogP) is 3.64. The van der Waals surface area contributed by atoms with Crippen LogP contribution in [-0.2, 0) is 4.79 Å². The molecule has 2 heterocycles. The topological polar surface area (TPSA) is 43.8 Å². The van der Waals surface area contributed by atoms with E-state index < -0.39 is 5.97 Å². The van der Waals surface area contributed by atoms with Crippen molar-refractivity contribution in [1.82, 2.24) is 9.21 Å². The van der Waals surface area contributed by atoms with Crippen molar-refractivity contribution in [2.75, 3.05) is 20.1 Å². The zero-order valence-electron chi connectivity index (χ0n) is 13.0. The summed E-state index contributed by atoms with van der Waals surface area (Å²) in [5.74, 6) is -0.860. The first kappa shape index (κ1) is 14.5. The highest BCUT2D eigenvalue weighted by Gasteiger charge is 2.33. The monoisotopic (exact) mass is 326 g/mol. The molecule has 4 rings (SSSR count). The summed E-state index contributed by atoms with van der Waals surface area (Å²) < 4.78 is 1.80. The van der Waals surface area contributed by atoms with Crippen molar-refractivity contribution in [3.8, 4) is 0 Å². The van der Waals surface area contributed by atoms with Crippen molar-refractivity contribution in [2.24, 2.45) is 0 Å². The molecule has 23 heavy (non-hydrogen) atoms. The Morgan fingerprint density at radius 2 is 1.87 bits per heavy atom. The van der Waals surface area contributed by atoms with Crippen LogP contribution in [0.5, 0.6) is 0 Å². The highest BCUT2D eigenvalue weighted by molar-refractivity contribution is 7.97. The van der Waals surface area contributed by atoms with E-state index in [4.69, 9.17) is 0 Å². The van der Waals surface area contributed by atoms with Crippen LogP contribution in [0, 0.1) is 0 Å². The van der Waals surface area contributed by atoms with E-state index in [-0.39, 0.29) is 0 Å². The SMILES string of the molecule is CN1Sc2c(ccc3ccccc23)C(N2CCCC2)=C1C(=O)O. The molecule has 2 aliphatic rings. The molecule has 2 aliphatic heterocycles. The van der Waals surface area contributed by atoms with Gasteiger partial charge in [-0.2, -0.15) is 0 Å². The number of likely N-dealkylation sites (tertiary alicyclic amines) is 1. The molecule has 0 aromatic heterocycles. The third-order valence-electron chi connectivity index (χ3n) is 4.53. The van der Waals surface area contributed by atoms with Gasteiger partial charge in [0.05, 0.1) is 5.70 Å². The minimum absolute atomic E-state index is 0.389. The van der Waals surface area contributed by atoms with Gasteiger partial charge >= 0.3 is 5.97 Å². The van der Waals surface area contributed by atoms with Gasteiger partial charge in [-0.15, -0.1) is 0 Å². The predicted molar refractivity (Wildman–Crippen MR) is 92.9 cm³/mol. The maximum absolute atomic E-state index is 11.9. The Balaban J connectivity index is 2.00. The number of carbonyl (C=O) groups is 1. The average Bonchev–Trinajstić information content (AvgIpc) is 3.07. The first-order valence-electron chi connectivity index (χ1n) is 7.83. The number of hydrogen-bond donors (Lipinski definition) is 1. The largest absolute Gasteiger partial charge is 0.476 e. The van der Waals surface area contributed by atoms with E-state index in [0.717, 1.165) is 42.1 Å². The highest BCUT2D eigenvalue weighted by Crippen LogP contribution is 2.45. The number of likely N-dealkylation sites (N-methyl/N-ethyl adjacent to an activating group) is 1. The lowest BCUT2D eigenvalue weighted by atomic mass is 10.0. The van der Waals surface area contributed by atoms with Gasteiger partial charge in [0.1, 0.15) is 0 Å². The van der Waals surface area contributed by atoms with Crippen LogP contribution in [0.25, 0.3) is 16.5 Å². The second kappa shape index (κ2) is 5.49. The zero-order valence-corrected chi connectivity index (χ0v) is 13.8. The van der Waals surface area contributed by atoms with E-state index >= 15 is 0 Å². The summed E-state index contributed by atoms with van der Waals surface area (Å²) in [5.41, 5.74) is 2.31. The van der Waals surface area contributed by atoms with Crippen molar-refractivity contribution >= 4 is 34.4 Å². The molecular formula is C18H18N2O2S. The smallest absolute Gasteiger partial charge is 0.355 e. The van der Waals surface area contributed by atoms with E-state index in [9.17, 15) is 9.90 Å². The minimum Gasteiger partial charge on any atom is -0.476 e. The molecule has 4 nitrogen and oxygen atoms in total. The molecule has 5 heteroatoms. The molecule has 0 atom stereocenters. The lowest BCUT2D eigenvalue weighted by Gasteiger charge is -2.34. The molecule has 1 saturated heterocycles. The van der Waals surface area contributed by atoms with Crippen LogP contribution in [0.2, 0.25) is 0 Å². The first-order chi connectivity index (χ1) is 11.2. The van der Waals surface area contributed by atoms with E-state index in [2.05, 4.69) is 29.2 Å². The molecule has 0 bridgehead atoms. The number of carboxylic acid groups (broad SMARTS) is 1. The summed E-state index contributed by atoms with van der Waals surface area (Å²) in [4.78, 5) is 15.2. The second-order valence-electron chi connectivity index (χ2n) is 5.95. The lowest BCUT2D eigenvalue weighted by molar-refractivity contribution is -0.133. The zero-order chi connectivity index (χ0) is 16.0. The number of aliphatic carboxylic acids is 1. The molecule has 2 aromatic carbocycles. The van der Waals surface area contributed by atoms with Crippen LogP contribution in [0.3, 0.4) is 0 Å². The van der Waals surface area contributed by atoms with Gasteiger partial charge in [-0.25, -0.2) is 4.79 Å². The fourth-order valence-corrected chi connectivity index (χ4v) is 4.56. The number of carboxylic acids is 1. The molecule has 0 unspecified atom stereocenters. The summed E-state index contributed by atoms with van der Waals surface area (Å²) in [6.45, 7) is 1.85. The molecule has 0 aliphatic carbocycles. The molecule has 0 saturated carbocycles. The Morgan fingerprint density at radius 1 is 1.13 bits per heavy atom. The van der Waals surface area contributed by atoms with Gasteiger partial charge in [0.15, 0.2) is 5.70 Å². The van der Waals surface area contributed by atoms with Gasteiger partial charge in [0.2, 0.25) is 0 Å². The molecule has 1 N–H and O–H groups in total. The summed E-state index contributed by atoms with van der Waals surface area (Å²) in [6, 6.07) is 12.5. The molecule has 118 valence electrons. The van der Waals surface area contributed by atoms with E-state index in [1.807, 2.05) is 19.2 Å². The van der Waals surface area contributed by atoms with Crippen molar-refractivity contribution in [3.63, 3.8) is 0 Å². The van der Waals surface area contributed by atoms with Gasteiger partial charge in [0.25, 0.3) is 0 Å². The van der Waals surface area contributed by atoms with Crippen LogP contribution in [0.4, 0.5) is 0 Å². The Bertz CT molecular complexity index is 825. The maximum Gasteiger partial charge on any atom is 0.355 e. The van der Waals surface area contributed by atoms with Gasteiger partial charge in [-0.1, -0.05) is 36.4 Å². The number of benzene rings is 2. The number of fused-ring (bicyclic) bond motifs is 3. The molecule has 0 radical (unpaired) electrons. The average molecular weight is 326 g/mol. The fourth-order valence-electron chi connectivity index (χ4n) is 3.48. The Labute approximate surface area is 139 Å². The molecule has 0 spiro atoms. The highest BCUT2D eigenvalue weighted by atomic mass is 32.2. The third kappa shape index (κ3) is 2.27. The summed E-state index contributed by atoms with van der Waals surface area (Å²) in [5, 5.41) is 12.1. The quantitative estimate of drug-likeness (QED) is 0.854. The number of rotatable bonds is 2. The van der Waals surface area contributed by atoms with Crippen molar-refractivity contribution < 1.29 is 9.90 Å². The van der Waals surface area contributed by atoms with Crippen molar-refractivity contribution in [3.05, 3.63) is 47.7 Å². The van der Waals surface area contributed by atoms with Crippen molar-refractivity contribution in [1.29, 1.82) is 0 Å². The number of hydrogen-bond acceptors (Lipinski definition) is 4. The fraction of sp³-hybridized carbons (Fsp3) is 0.278. The molecule has 1 fully saturated rings. The Hall–Kier alpha value is -2.14. The summed E-state index contributed by atoms with van der Waals surface area (Å²) >= 11 is 1.51. The molecule has 0 amide bonds. The van der Waals surface area contributed by atoms with Crippen LogP contribution < -0.4 is 0 Å². The summed E-state index contributed by atoms with van der Waals surface area (Å²) in [7, 11) is 1.84. The van der Waals surface area contributed by atoms with E-state index in [1.165, 1.54) is 22.7 Å². The maximum atomic E-state index is 11.9. The molecule has 2 aromatic rings. The van der Waals surface area contributed by atoms with Crippen molar-refractivity contribution in [2.45, 2.75) is 17.7 Å². The van der Waals surface area contributed by atoms with E-state index in [1.54, 1.807) is 4.31 Å². The molecular weight excluding hydrogens is 308 g/mol. The Kier molecular flexibility index (Phi) is 3.45. The standard InChI is InChI=1S/C18H18N2O2S/c1-19-16(18(21)22)15(20-10-4-5-11-20)14-9-8-12-6-2-3-7-13(12)17(14)23-19/h2-3,6-9H,4-5,10-11H2,1H3,(H,21,22). The lowest BCUT2D eigenvalue weighted by Crippen LogP contribution is -2.30. The van der Waals surface area contributed by atoms with Gasteiger partial charge < -0.3 is 14.3 Å². The van der Waals surface area contributed by atoms with Crippen LogP contribution in [0.1, 0.15) is 18.4 Å². The van der Waals surface area contributed by atoms with Crippen LogP contribution in [0.15, 0.2) is 47.0 Å². The minimum atomic E-state index is -0.860. The second-order valence-corrected chi connectivity index (χ2v) is 7.09. The third-order valence-corrected chi connectivity index (χ3v) is 5.61. The van der Waals surface area contributed by atoms with Gasteiger partial charge in [-0.05, 0) is 35.6 Å². The van der Waals surface area contributed by atoms with Gasteiger partial charge in [-0.3, -0.25) is 0 Å². The Morgan fingerprint density at radius 3 is 2.61 bits per heavy atom. The normalized spacial score (nSPS) is 17.8. The van der Waals surface area contributed by atoms with Crippen LogP contribution >= 0.6 is 11.9 Å². The van der Waals surface area contributed by atoms with E-state index in [0.29, 0.717) is 5.70 Å². The summed E-state index contributed by atoms with van der Waals surface area (Å²) in [6.07, 6.45) is 2.24. The number of nitrogens with zero attached hydrogens (tertiary/aromatic N) is 2. The first-order valence-corrected chi connectivity index (χ1v) is 8.60.